The molecule has 0 aromatic carbocycles. The lowest BCUT2D eigenvalue weighted by Gasteiger charge is -2.34. The van der Waals surface area contributed by atoms with Crippen molar-refractivity contribution in [2.24, 2.45) is 10.9 Å². The van der Waals surface area contributed by atoms with Crippen LogP contribution >= 0.6 is 0 Å². The van der Waals surface area contributed by atoms with Crippen molar-refractivity contribution in [3.05, 3.63) is 18.0 Å². The van der Waals surface area contributed by atoms with Gasteiger partial charge in [-0.1, -0.05) is 26.7 Å². The van der Waals surface area contributed by atoms with E-state index in [1.54, 1.807) is 6.20 Å². The molecule has 1 atom stereocenters. The van der Waals surface area contributed by atoms with Gasteiger partial charge in [0.05, 0.1) is 12.2 Å². The van der Waals surface area contributed by atoms with Gasteiger partial charge in [0, 0.05) is 25.8 Å². The molecule has 0 spiro atoms. The fraction of sp³-hybridized carbons (Fsp3) is 0.765. The van der Waals surface area contributed by atoms with Crippen molar-refractivity contribution in [1.82, 2.24) is 25.7 Å². The normalized spacial score (nSPS) is 18.7. The summed E-state index contributed by atoms with van der Waals surface area (Å²) in [6.45, 7) is 8.72. The zero-order valence-corrected chi connectivity index (χ0v) is 14.8. The van der Waals surface area contributed by atoms with Crippen molar-refractivity contribution in [1.29, 1.82) is 0 Å². The summed E-state index contributed by atoms with van der Waals surface area (Å²) in [4.78, 5) is 6.98. The Labute approximate surface area is 140 Å². The van der Waals surface area contributed by atoms with E-state index in [1.165, 1.54) is 38.8 Å². The van der Waals surface area contributed by atoms with Crippen LogP contribution in [0.3, 0.4) is 0 Å². The molecule has 1 aromatic heterocycles. The van der Waals surface area contributed by atoms with E-state index in [-0.39, 0.29) is 0 Å². The Bertz CT molecular complexity index is 446. The van der Waals surface area contributed by atoms with Gasteiger partial charge in [-0.2, -0.15) is 5.10 Å². The first-order chi connectivity index (χ1) is 11.2. The van der Waals surface area contributed by atoms with E-state index < -0.39 is 0 Å². The molecule has 3 N–H and O–H groups in total. The van der Waals surface area contributed by atoms with Crippen molar-refractivity contribution in [3.8, 4) is 0 Å². The summed E-state index contributed by atoms with van der Waals surface area (Å²) in [5, 5.41) is 13.7. The largest absolute Gasteiger partial charge is 0.355 e. The number of hydrogen-bond donors (Lipinski definition) is 3. The fourth-order valence-electron chi connectivity index (χ4n) is 3.20. The second-order valence-corrected chi connectivity index (χ2v) is 6.65. The van der Waals surface area contributed by atoms with Crippen LogP contribution in [0.5, 0.6) is 0 Å². The minimum absolute atomic E-state index is 0.554. The lowest BCUT2D eigenvalue weighted by molar-refractivity contribution is 0.161. The summed E-state index contributed by atoms with van der Waals surface area (Å²) < 4.78 is 0. The van der Waals surface area contributed by atoms with Gasteiger partial charge in [-0.25, -0.2) is 0 Å². The molecule has 1 saturated heterocycles. The topological polar surface area (TPSA) is 68.3 Å². The van der Waals surface area contributed by atoms with E-state index in [0.29, 0.717) is 18.5 Å². The highest BCUT2D eigenvalue weighted by molar-refractivity contribution is 5.79. The molecular weight excluding hydrogens is 288 g/mol. The van der Waals surface area contributed by atoms with E-state index >= 15 is 0 Å². The van der Waals surface area contributed by atoms with Crippen LogP contribution in [0, 0.1) is 5.92 Å². The van der Waals surface area contributed by atoms with Gasteiger partial charge < -0.3 is 10.6 Å². The SMILES string of the molecule is CN=C(NCc1ccn[nH]1)NCC(C(C)C)N1CCCCCC1. The molecule has 0 bridgehead atoms. The number of aliphatic imine (C=N–C) groups is 1. The molecule has 1 aliphatic heterocycles. The van der Waals surface area contributed by atoms with Gasteiger partial charge in [0.15, 0.2) is 5.96 Å². The van der Waals surface area contributed by atoms with Crippen molar-refractivity contribution in [2.45, 2.75) is 52.1 Å². The Balaban J connectivity index is 1.83. The summed E-state index contributed by atoms with van der Waals surface area (Å²) in [6, 6.07) is 2.52. The zero-order valence-electron chi connectivity index (χ0n) is 14.8. The highest BCUT2D eigenvalue weighted by Gasteiger charge is 2.22. The second-order valence-electron chi connectivity index (χ2n) is 6.65. The molecule has 0 aliphatic carbocycles. The minimum atomic E-state index is 0.554. The highest BCUT2D eigenvalue weighted by atomic mass is 15.2. The van der Waals surface area contributed by atoms with Crippen molar-refractivity contribution in [3.63, 3.8) is 0 Å². The van der Waals surface area contributed by atoms with Gasteiger partial charge >= 0.3 is 0 Å². The van der Waals surface area contributed by atoms with Crippen LogP contribution in [0.15, 0.2) is 17.3 Å². The van der Waals surface area contributed by atoms with Gasteiger partial charge in [-0.3, -0.25) is 15.0 Å². The summed E-state index contributed by atoms with van der Waals surface area (Å²) in [6.07, 6.45) is 7.18. The predicted molar refractivity (Wildman–Crippen MR) is 95.5 cm³/mol. The van der Waals surface area contributed by atoms with E-state index in [9.17, 15) is 0 Å². The molecular formula is C17H32N6. The molecule has 0 amide bonds. The van der Waals surface area contributed by atoms with E-state index in [4.69, 9.17) is 0 Å². The number of likely N-dealkylation sites (tertiary alicyclic amines) is 1. The first-order valence-electron chi connectivity index (χ1n) is 8.87. The molecule has 130 valence electrons. The number of nitrogens with one attached hydrogen (secondary N) is 3. The molecule has 0 radical (unpaired) electrons. The van der Waals surface area contributed by atoms with Crippen LogP contribution in [-0.4, -0.2) is 53.8 Å². The number of hydrogen-bond acceptors (Lipinski definition) is 3. The number of aromatic amines is 1. The molecule has 6 heteroatoms. The van der Waals surface area contributed by atoms with Crippen LogP contribution in [0.25, 0.3) is 0 Å². The molecule has 1 aromatic rings. The lowest BCUT2D eigenvalue weighted by Crippen LogP contribution is -2.49. The van der Waals surface area contributed by atoms with Gasteiger partial charge in [0.25, 0.3) is 0 Å². The van der Waals surface area contributed by atoms with Gasteiger partial charge in [0.2, 0.25) is 0 Å². The Morgan fingerprint density at radius 2 is 2.00 bits per heavy atom. The van der Waals surface area contributed by atoms with Gasteiger partial charge in [0.1, 0.15) is 0 Å². The van der Waals surface area contributed by atoms with Crippen molar-refractivity contribution >= 4 is 5.96 Å². The third-order valence-corrected chi connectivity index (χ3v) is 4.59. The maximum atomic E-state index is 4.32. The van der Waals surface area contributed by atoms with E-state index in [2.05, 4.69) is 44.6 Å². The number of aromatic nitrogens is 2. The molecule has 23 heavy (non-hydrogen) atoms. The van der Waals surface area contributed by atoms with E-state index in [1.807, 2.05) is 13.1 Å². The third kappa shape index (κ3) is 5.86. The first-order valence-corrected chi connectivity index (χ1v) is 8.87. The Morgan fingerprint density at radius 1 is 1.26 bits per heavy atom. The van der Waals surface area contributed by atoms with Crippen LogP contribution in [-0.2, 0) is 6.54 Å². The molecule has 1 aliphatic rings. The second kappa shape index (κ2) is 9.55. The third-order valence-electron chi connectivity index (χ3n) is 4.59. The monoisotopic (exact) mass is 320 g/mol. The number of guanidine groups is 1. The summed E-state index contributed by atoms with van der Waals surface area (Å²) in [5.41, 5.74) is 1.06. The molecule has 1 unspecified atom stereocenters. The van der Waals surface area contributed by atoms with Crippen LogP contribution < -0.4 is 10.6 Å². The van der Waals surface area contributed by atoms with Crippen LogP contribution in [0.2, 0.25) is 0 Å². The van der Waals surface area contributed by atoms with Crippen LogP contribution in [0.4, 0.5) is 0 Å². The number of nitrogens with zero attached hydrogens (tertiary/aromatic N) is 3. The molecule has 2 heterocycles. The fourth-order valence-corrected chi connectivity index (χ4v) is 3.20. The van der Waals surface area contributed by atoms with Gasteiger partial charge in [-0.15, -0.1) is 0 Å². The predicted octanol–water partition coefficient (Wildman–Crippen LogP) is 1.98. The number of rotatable bonds is 6. The maximum Gasteiger partial charge on any atom is 0.191 e. The average Bonchev–Trinajstić information content (AvgIpc) is 2.92. The van der Waals surface area contributed by atoms with Crippen molar-refractivity contribution < 1.29 is 0 Å². The maximum absolute atomic E-state index is 4.32. The molecule has 6 nitrogen and oxygen atoms in total. The van der Waals surface area contributed by atoms with Crippen molar-refractivity contribution in [2.75, 3.05) is 26.7 Å². The smallest absolute Gasteiger partial charge is 0.191 e. The quantitative estimate of drug-likeness (QED) is 0.554. The van der Waals surface area contributed by atoms with Crippen LogP contribution in [0.1, 0.15) is 45.2 Å². The van der Waals surface area contributed by atoms with Gasteiger partial charge in [-0.05, 0) is 37.9 Å². The average molecular weight is 320 g/mol. The summed E-state index contributed by atoms with van der Waals surface area (Å²) in [7, 11) is 1.82. The Morgan fingerprint density at radius 3 is 2.57 bits per heavy atom. The summed E-state index contributed by atoms with van der Waals surface area (Å²) in [5.74, 6) is 1.48. The molecule has 2 rings (SSSR count). The summed E-state index contributed by atoms with van der Waals surface area (Å²) >= 11 is 0. The zero-order chi connectivity index (χ0) is 16.5. The Kier molecular flexibility index (Phi) is 7.39. The molecule has 0 saturated carbocycles. The standard InChI is InChI=1S/C17H32N6/c1-14(2)16(23-10-6-4-5-7-11-23)13-20-17(18-3)19-12-15-8-9-21-22-15/h8-9,14,16H,4-7,10-13H2,1-3H3,(H,21,22)(H2,18,19,20). The Hall–Kier alpha value is -1.56. The minimum Gasteiger partial charge on any atom is -0.355 e. The molecule has 1 fully saturated rings. The lowest BCUT2D eigenvalue weighted by atomic mass is 10.0. The highest BCUT2D eigenvalue weighted by Crippen LogP contribution is 2.17. The number of H-pyrrole nitrogens is 1. The first kappa shape index (κ1) is 17.8. The van der Waals surface area contributed by atoms with E-state index in [0.717, 1.165) is 18.2 Å².